The Labute approximate surface area is 191 Å². The molecule has 0 bridgehead atoms. The number of carbonyl (C=O) groups is 1. The van der Waals surface area contributed by atoms with Crippen molar-refractivity contribution in [3.8, 4) is 0 Å². The van der Waals surface area contributed by atoms with E-state index in [9.17, 15) is 9.59 Å². The molecule has 1 heterocycles. The molecule has 1 aromatic heterocycles. The van der Waals surface area contributed by atoms with Crippen molar-refractivity contribution in [1.29, 1.82) is 0 Å². The van der Waals surface area contributed by atoms with Crippen molar-refractivity contribution in [3.05, 3.63) is 130 Å². The summed E-state index contributed by atoms with van der Waals surface area (Å²) in [6.45, 7) is 4.27. The predicted octanol–water partition coefficient (Wildman–Crippen LogP) is 7.46. The van der Waals surface area contributed by atoms with Gasteiger partial charge in [-0.1, -0.05) is 98.8 Å². The Hall–Kier alpha value is -3.56. The lowest BCUT2D eigenvalue weighted by atomic mass is 9.98. The van der Waals surface area contributed by atoms with Gasteiger partial charge in [0.15, 0.2) is 11.2 Å². The summed E-state index contributed by atoms with van der Waals surface area (Å²) in [6.07, 6.45) is 0. The molecule has 32 heavy (non-hydrogen) atoms. The molecule has 0 unspecified atom stereocenters. The molecule has 0 fully saturated rings. The summed E-state index contributed by atoms with van der Waals surface area (Å²) < 4.78 is 2.15. The summed E-state index contributed by atoms with van der Waals surface area (Å²) in [5, 5.41) is 1.74. The van der Waals surface area contributed by atoms with Crippen molar-refractivity contribution in [2.75, 3.05) is 0 Å². The molecule has 5 aromatic rings. The first-order valence-electron chi connectivity index (χ1n) is 10.7. The van der Waals surface area contributed by atoms with E-state index in [0.717, 1.165) is 36.9 Å². The number of ketones is 1. The van der Waals surface area contributed by atoms with Crippen LogP contribution in [0.1, 0.15) is 41.3 Å². The lowest BCUT2D eigenvalue weighted by Gasteiger charge is -2.09. The van der Waals surface area contributed by atoms with Gasteiger partial charge in [0.05, 0.1) is 0 Å². The fourth-order valence-electron chi connectivity index (χ4n) is 3.70. The Kier molecular flexibility index (Phi) is 6.58. The van der Waals surface area contributed by atoms with E-state index in [0.29, 0.717) is 5.92 Å². The van der Waals surface area contributed by atoms with Crippen molar-refractivity contribution in [2.45, 2.75) is 19.8 Å². The van der Waals surface area contributed by atoms with Gasteiger partial charge in [0, 0.05) is 31.3 Å². The SMILES string of the molecule is CC(C)c1cccc2sc3ccccc3c(=O)c12.O=C(c1ccccc1)c1ccccc1. The highest BCUT2D eigenvalue weighted by Gasteiger charge is 2.11. The number of rotatable bonds is 3. The van der Waals surface area contributed by atoms with Gasteiger partial charge < -0.3 is 0 Å². The van der Waals surface area contributed by atoms with E-state index in [1.807, 2.05) is 97.1 Å². The highest BCUT2D eigenvalue weighted by Crippen LogP contribution is 2.29. The minimum atomic E-state index is 0.0752. The van der Waals surface area contributed by atoms with Gasteiger partial charge in [0.25, 0.3) is 0 Å². The fraction of sp³-hybridized carbons (Fsp3) is 0.103. The smallest absolute Gasteiger partial charge is 0.196 e. The minimum absolute atomic E-state index is 0.0752. The largest absolute Gasteiger partial charge is 0.289 e. The van der Waals surface area contributed by atoms with Crippen molar-refractivity contribution < 1.29 is 4.79 Å². The maximum absolute atomic E-state index is 12.6. The number of benzene rings is 4. The van der Waals surface area contributed by atoms with Crippen molar-refractivity contribution in [2.24, 2.45) is 0 Å². The molecule has 0 radical (unpaired) electrons. The standard InChI is InChI=1S/C16H14OS.C13H10O/c1-10(2)11-7-5-9-14-15(11)16(17)12-6-3-4-8-13(12)18-14;14-13(11-7-3-1-4-8-11)12-9-5-2-6-10-12/h3-10H,1-2H3;1-10H. The normalized spacial score (nSPS) is 10.7. The van der Waals surface area contributed by atoms with Gasteiger partial charge in [0.2, 0.25) is 0 Å². The molecule has 5 rings (SSSR count). The first kappa shape index (κ1) is 21.7. The monoisotopic (exact) mass is 436 g/mol. The molecule has 0 amide bonds. The Bertz CT molecular complexity index is 1380. The summed E-state index contributed by atoms with van der Waals surface area (Å²) >= 11 is 1.70. The number of fused-ring (bicyclic) bond motifs is 2. The third kappa shape index (κ3) is 4.53. The molecule has 0 aliphatic heterocycles. The Balaban J connectivity index is 0.000000158. The maximum atomic E-state index is 12.6. The molecule has 0 spiro atoms. The number of carbonyl (C=O) groups excluding carboxylic acids is 1. The molecule has 3 heteroatoms. The molecular weight excluding hydrogens is 412 g/mol. The van der Waals surface area contributed by atoms with Crippen LogP contribution in [-0.4, -0.2) is 5.78 Å². The van der Waals surface area contributed by atoms with Gasteiger partial charge >= 0.3 is 0 Å². The van der Waals surface area contributed by atoms with E-state index < -0.39 is 0 Å². The van der Waals surface area contributed by atoms with Crippen molar-refractivity contribution >= 4 is 37.3 Å². The maximum Gasteiger partial charge on any atom is 0.196 e. The summed E-state index contributed by atoms with van der Waals surface area (Å²) in [4.78, 5) is 24.5. The third-order valence-corrected chi connectivity index (χ3v) is 6.47. The quantitative estimate of drug-likeness (QED) is 0.217. The molecule has 0 atom stereocenters. The van der Waals surface area contributed by atoms with Crippen LogP contribution in [0.2, 0.25) is 0 Å². The van der Waals surface area contributed by atoms with E-state index in [1.54, 1.807) is 11.3 Å². The van der Waals surface area contributed by atoms with Crippen LogP contribution in [0.5, 0.6) is 0 Å². The number of hydrogen-bond donors (Lipinski definition) is 0. The highest BCUT2D eigenvalue weighted by atomic mass is 32.1. The van der Waals surface area contributed by atoms with Crippen LogP contribution < -0.4 is 5.43 Å². The van der Waals surface area contributed by atoms with Crippen LogP contribution >= 0.6 is 11.3 Å². The summed E-state index contributed by atoms with van der Waals surface area (Å²) in [7, 11) is 0. The van der Waals surface area contributed by atoms with E-state index in [2.05, 4.69) is 19.9 Å². The van der Waals surface area contributed by atoms with Crippen LogP contribution in [0.15, 0.2) is 108 Å². The zero-order valence-electron chi connectivity index (χ0n) is 18.1. The van der Waals surface area contributed by atoms with Gasteiger partial charge in [0.1, 0.15) is 0 Å². The van der Waals surface area contributed by atoms with Gasteiger partial charge in [-0.15, -0.1) is 11.3 Å². The first-order chi connectivity index (χ1) is 15.6. The van der Waals surface area contributed by atoms with Gasteiger partial charge in [-0.25, -0.2) is 0 Å². The highest BCUT2D eigenvalue weighted by molar-refractivity contribution is 7.24. The Morgan fingerprint density at radius 3 is 1.78 bits per heavy atom. The van der Waals surface area contributed by atoms with Crippen molar-refractivity contribution in [1.82, 2.24) is 0 Å². The van der Waals surface area contributed by atoms with Crippen LogP contribution in [0.4, 0.5) is 0 Å². The van der Waals surface area contributed by atoms with Crippen LogP contribution in [0, 0.1) is 0 Å². The Morgan fingerprint density at radius 1 is 0.656 bits per heavy atom. The van der Waals surface area contributed by atoms with E-state index in [-0.39, 0.29) is 11.2 Å². The molecule has 4 aromatic carbocycles. The van der Waals surface area contributed by atoms with Gasteiger partial charge in [-0.05, 0) is 29.7 Å². The molecule has 158 valence electrons. The third-order valence-electron chi connectivity index (χ3n) is 5.33. The van der Waals surface area contributed by atoms with Crippen LogP contribution in [0.25, 0.3) is 20.2 Å². The van der Waals surface area contributed by atoms with E-state index in [1.165, 1.54) is 0 Å². The zero-order chi connectivity index (χ0) is 22.5. The molecule has 0 N–H and O–H groups in total. The molecular formula is C29H24O2S. The lowest BCUT2D eigenvalue weighted by Crippen LogP contribution is -2.05. The molecule has 2 nitrogen and oxygen atoms in total. The summed E-state index contributed by atoms with van der Waals surface area (Å²) in [5.41, 5.74) is 2.79. The summed E-state index contributed by atoms with van der Waals surface area (Å²) in [5.74, 6) is 0.445. The summed E-state index contributed by atoms with van der Waals surface area (Å²) in [6, 6.07) is 32.6. The molecule has 0 saturated carbocycles. The molecule has 0 aliphatic carbocycles. The van der Waals surface area contributed by atoms with E-state index in [4.69, 9.17) is 0 Å². The topological polar surface area (TPSA) is 34.1 Å². The van der Waals surface area contributed by atoms with Crippen LogP contribution in [-0.2, 0) is 0 Å². The Morgan fingerprint density at radius 2 is 1.19 bits per heavy atom. The second-order valence-electron chi connectivity index (χ2n) is 7.86. The fourth-order valence-corrected chi connectivity index (χ4v) is 4.81. The predicted molar refractivity (Wildman–Crippen MR) is 136 cm³/mol. The second-order valence-corrected chi connectivity index (χ2v) is 8.95. The average molecular weight is 437 g/mol. The van der Waals surface area contributed by atoms with Gasteiger partial charge in [-0.2, -0.15) is 0 Å². The molecule has 0 saturated heterocycles. The second kappa shape index (κ2) is 9.71. The van der Waals surface area contributed by atoms with Gasteiger partial charge in [-0.3, -0.25) is 9.59 Å². The molecule has 0 aliphatic rings. The minimum Gasteiger partial charge on any atom is -0.289 e. The van der Waals surface area contributed by atoms with Crippen LogP contribution in [0.3, 0.4) is 0 Å². The van der Waals surface area contributed by atoms with Crippen molar-refractivity contribution in [3.63, 3.8) is 0 Å². The average Bonchev–Trinajstić information content (AvgIpc) is 2.85. The zero-order valence-corrected chi connectivity index (χ0v) is 18.9. The first-order valence-corrected chi connectivity index (χ1v) is 11.5. The lowest BCUT2D eigenvalue weighted by molar-refractivity contribution is 0.103. The van der Waals surface area contributed by atoms with E-state index >= 15 is 0 Å². The number of hydrogen-bond acceptors (Lipinski definition) is 3.